The molecule has 0 bridgehead atoms. The molecule has 3 N–H and O–H groups in total. The van der Waals surface area contributed by atoms with Gasteiger partial charge in [-0.05, 0) is 35.7 Å². The predicted octanol–water partition coefficient (Wildman–Crippen LogP) is 1.89. The number of rotatable bonds is 3. The largest absolute Gasteiger partial charge is 0.397 e. The summed E-state index contributed by atoms with van der Waals surface area (Å²) in [5.74, 6) is -0.248. The van der Waals surface area contributed by atoms with Gasteiger partial charge in [0.2, 0.25) is 0 Å². The number of nitrogens with two attached hydrogens (primary N) is 1. The molecule has 0 unspecified atom stereocenters. The van der Waals surface area contributed by atoms with Gasteiger partial charge >= 0.3 is 0 Å². The molecule has 4 heteroatoms. The third-order valence-corrected chi connectivity index (χ3v) is 2.53. The van der Waals surface area contributed by atoms with E-state index >= 15 is 0 Å². The minimum atomic E-state index is -0.248. The first-order valence-electron chi connectivity index (χ1n) is 5.27. The standard InChI is InChI=1S/C13H13FN2O/c14-11-3-1-9(2-4-11)5-10-6-12(15)13(8-17)16-7-10/h1-4,6-7,17H,5,8,15H2. The maximum Gasteiger partial charge on any atom is 0.123 e. The fourth-order valence-electron chi connectivity index (χ4n) is 1.62. The molecule has 0 fully saturated rings. The molecule has 0 atom stereocenters. The first-order chi connectivity index (χ1) is 8.19. The number of anilines is 1. The third-order valence-electron chi connectivity index (χ3n) is 2.53. The number of benzene rings is 1. The molecule has 1 heterocycles. The maximum atomic E-state index is 12.7. The first kappa shape index (κ1) is 11.5. The Kier molecular flexibility index (Phi) is 3.35. The van der Waals surface area contributed by atoms with Gasteiger partial charge in [-0.3, -0.25) is 4.98 Å². The van der Waals surface area contributed by atoms with Crippen LogP contribution in [0.2, 0.25) is 0 Å². The van der Waals surface area contributed by atoms with Crippen molar-refractivity contribution in [3.63, 3.8) is 0 Å². The zero-order chi connectivity index (χ0) is 12.3. The van der Waals surface area contributed by atoms with Gasteiger partial charge in [0, 0.05) is 6.20 Å². The first-order valence-corrected chi connectivity index (χ1v) is 5.27. The number of halogens is 1. The normalized spacial score (nSPS) is 10.5. The summed E-state index contributed by atoms with van der Waals surface area (Å²) in [5, 5.41) is 8.95. The Bertz CT molecular complexity index is 511. The summed E-state index contributed by atoms with van der Waals surface area (Å²) in [6.07, 6.45) is 2.31. The Morgan fingerprint density at radius 2 is 1.88 bits per heavy atom. The smallest absolute Gasteiger partial charge is 0.123 e. The Morgan fingerprint density at radius 3 is 2.47 bits per heavy atom. The predicted molar refractivity (Wildman–Crippen MR) is 63.8 cm³/mol. The van der Waals surface area contributed by atoms with Gasteiger partial charge < -0.3 is 10.8 Å². The van der Waals surface area contributed by atoms with Gasteiger partial charge in [0.1, 0.15) is 5.82 Å². The summed E-state index contributed by atoms with van der Waals surface area (Å²) in [7, 11) is 0. The van der Waals surface area contributed by atoms with Crippen molar-refractivity contribution in [2.75, 3.05) is 5.73 Å². The van der Waals surface area contributed by atoms with Crippen LogP contribution in [0.5, 0.6) is 0 Å². The monoisotopic (exact) mass is 232 g/mol. The second kappa shape index (κ2) is 4.93. The molecule has 17 heavy (non-hydrogen) atoms. The molecule has 2 rings (SSSR count). The zero-order valence-corrected chi connectivity index (χ0v) is 9.23. The van der Waals surface area contributed by atoms with Gasteiger partial charge in [0.25, 0.3) is 0 Å². The Hall–Kier alpha value is -1.94. The van der Waals surface area contributed by atoms with Gasteiger partial charge in [-0.1, -0.05) is 12.1 Å². The molecule has 0 aliphatic carbocycles. The lowest BCUT2D eigenvalue weighted by atomic mass is 10.1. The quantitative estimate of drug-likeness (QED) is 0.849. The highest BCUT2D eigenvalue weighted by atomic mass is 19.1. The number of nitrogens with zero attached hydrogens (tertiary/aromatic N) is 1. The van der Waals surface area contributed by atoms with E-state index in [2.05, 4.69) is 4.98 Å². The molecule has 2 aromatic rings. The molecular weight excluding hydrogens is 219 g/mol. The van der Waals surface area contributed by atoms with Crippen molar-refractivity contribution in [2.45, 2.75) is 13.0 Å². The van der Waals surface area contributed by atoms with E-state index in [0.717, 1.165) is 11.1 Å². The average molecular weight is 232 g/mol. The minimum Gasteiger partial charge on any atom is -0.397 e. The second-order valence-corrected chi connectivity index (χ2v) is 3.84. The van der Waals surface area contributed by atoms with Crippen molar-refractivity contribution in [2.24, 2.45) is 0 Å². The molecule has 3 nitrogen and oxygen atoms in total. The van der Waals surface area contributed by atoms with E-state index in [-0.39, 0.29) is 12.4 Å². The minimum absolute atomic E-state index is 0.164. The molecule has 1 aromatic heterocycles. The summed E-state index contributed by atoms with van der Waals surface area (Å²) >= 11 is 0. The molecule has 0 spiro atoms. The number of aliphatic hydroxyl groups is 1. The van der Waals surface area contributed by atoms with Crippen molar-refractivity contribution in [1.29, 1.82) is 0 Å². The lowest BCUT2D eigenvalue weighted by Crippen LogP contribution is -2.00. The van der Waals surface area contributed by atoms with Crippen molar-refractivity contribution in [1.82, 2.24) is 4.98 Å². The lowest BCUT2D eigenvalue weighted by molar-refractivity contribution is 0.277. The van der Waals surface area contributed by atoms with E-state index < -0.39 is 0 Å². The van der Waals surface area contributed by atoms with Crippen LogP contribution in [-0.2, 0) is 13.0 Å². The van der Waals surface area contributed by atoms with E-state index in [9.17, 15) is 4.39 Å². The molecule has 0 radical (unpaired) electrons. The summed E-state index contributed by atoms with van der Waals surface area (Å²) < 4.78 is 12.7. The van der Waals surface area contributed by atoms with Crippen LogP contribution in [0.25, 0.3) is 0 Å². The van der Waals surface area contributed by atoms with E-state index in [1.54, 1.807) is 24.4 Å². The van der Waals surface area contributed by atoms with Crippen LogP contribution < -0.4 is 5.73 Å². The van der Waals surface area contributed by atoms with Crippen LogP contribution in [-0.4, -0.2) is 10.1 Å². The molecule has 0 aliphatic rings. The number of aromatic nitrogens is 1. The number of aliphatic hydroxyl groups excluding tert-OH is 1. The van der Waals surface area contributed by atoms with E-state index in [4.69, 9.17) is 10.8 Å². The van der Waals surface area contributed by atoms with E-state index in [1.165, 1.54) is 12.1 Å². The van der Waals surface area contributed by atoms with Crippen LogP contribution in [0, 0.1) is 5.82 Å². The van der Waals surface area contributed by atoms with Crippen molar-refractivity contribution in [3.8, 4) is 0 Å². The van der Waals surface area contributed by atoms with Crippen LogP contribution in [0.15, 0.2) is 36.5 Å². The van der Waals surface area contributed by atoms with Crippen LogP contribution in [0.4, 0.5) is 10.1 Å². The summed E-state index contributed by atoms with van der Waals surface area (Å²) in [6, 6.07) is 8.08. The third kappa shape index (κ3) is 2.79. The lowest BCUT2D eigenvalue weighted by Gasteiger charge is -2.05. The second-order valence-electron chi connectivity index (χ2n) is 3.84. The van der Waals surface area contributed by atoms with Crippen LogP contribution in [0.3, 0.4) is 0 Å². The van der Waals surface area contributed by atoms with Crippen LogP contribution >= 0.6 is 0 Å². The van der Waals surface area contributed by atoms with Crippen molar-refractivity contribution >= 4 is 5.69 Å². The highest BCUT2D eigenvalue weighted by Gasteiger charge is 2.02. The number of nitrogen functional groups attached to an aromatic ring is 1. The molecule has 1 aromatic carbocycles. The Balaban J connectivity index is 2.19. The molecule has 0 aliphatic heterocycles. The highest BCUT2D eigenvalue weighted by Crippen LogP contribution is 2.15. The summed E-state index contributed by atoms with van der Waals surface area (Å²) in [4.78, 5) is 4.06. The molecule has 88 valence electrons. The SMILES string of the molecule is Nc1cc(Cc2ccc(F)cc2)cnc1CO. The molecular formula is C13H13FN2O. The topological polar surface area (TPSA) is 59.1 Å². The highest BCUT2D eigenvalue weighted by molar-refractivity contribution is 5.45. The Morgan fingerprint density at radius 1 is 1.18 bits per heavy atom. The van der Waals surface area contributed by atoms with E-state index in [1.807, 2.05) is 0 Å². The number of hydrogen-bond acceptors (Lipinski definition) is 3. The number of pyridine rings is 1. The average Bonchev–Trinajstić information content (AvgIpc) is 2.32. The maximum absolute atomic E-state index is 12.7. The molecule has 0 amide bonds. The molecule has 0 saturated carbocycles. The van der Waals surface area contributed by atoms with Gasteiger partial charge in [-0.25, -0.2) is 4.39 Å². The summed E-state index contributed by atoms with van der Waals surface area (Å²) in [6.45, 7) is -0.164. The fourth-order valence-corrected chi connectivity index (χ4v) is 1.62. The van der Waals surface area contributed by atoms with Gasteiger partial charge in [0.05, 0.1) is 18.0 Å². The van der Waals surface area contributed by atoms with Gasteiger partial charge in [-0.15, -0.1) is 0 Å². The zero-order valence-electron chi connectivity index (χ0n) is 9.23. The van der Waals surface area contributed by atoms with Gasteiger partial charge in [0.15, 0.2) is 0 Å². The fraction of sp³-hybridized carbons (Fsp3) is 0.154. The van der Waals surface area contributed by atoms with Crippen molar-refractivity contribution < 1.29 is 9.50 Å². The molecule has 0 saturated heterocycles. The van der Waals surface area contributed by atoms with E-state index in [0.29, 0.717) is 17.8 Å². The van der Waals surface area contributed by atoms with Gasteiger partial charge in [-0.2, -0.15) is 0 Å². The Labute approximate surface area is 98.7 Å². The number of hydrogen-bond donors (Lipinski definition) is 2. The summed E-state index contributed by atoms with van der Waals surface area (Å²) in [5.41, 5.74) is 8.61. The van der Waals surface area contributed by atoms with Crippen molar-refractivity contribution in [3.05, 3.63) is 59.2 Å². The van der Waals surface area contributed by atoms with Crippen LogP contribution in [0.1, 0.15) is 16.8 Å².